The van der Waals surface area contributed by atoms with Crippen LogP contribution in [0.1, 0.15) is 20.8 Å². The first kappa shape index (κ1) is 21.6. The van der Waals surface area contributed by atoms with Crippen molar-refractivity contribution in [2.45, 2.75) is 37.8 Å². The molecule has 0 aliphatic carbocycles. The largest absolute Gasteiger partial charge is 0.462 e. The molecule has 0 heterocycles. The van der Waals surface area contributed by atoms with Crippen molar-refractivity contribution in [3.05, 3.63) is 24.3 Å². The van der Waals surface area contributed by atoms with E-state index in [1.807, 2.05) is 0 Å². The first-order chi connectivity index (χ1) is 11.5. The fourth-order valence-corrected chi connectivity index (χ4v) is 4.17. The van der Waals surface area contributed by atoms with Crippen LogP contribution in [-0.2, 0) is 28.7 Å². The third-order valence-corrected chi connectivity index (χ3v) is 5.91. The Morgan fingerprint density at radius 2 is 1.76 bits per heavy atom. The Hall–Kier alpha value is -1.41. The number of hydrogen-bond acceptors (Lipinski definition) is 7. The molecule has 142 valence electrons. The second kappa shape index (κ2) is 8.80. The zero-order chi connectivity index (χ0) is 19.3. The van der Waals surface area contributed by atoms with Gasteiger partial charge in [0.2, 0.25) is 0 Å². The predicted molar refractivity (Wildman–Crippen MR) is 93.5 cm³/mol. The van der Waals surface area contributed by atoms with Gasteiger partial charge < -0.3 is 14.0 Å². The molecule has 8 nitrogen and oxygen atoms in total. The average Bonchev–Trinajstić information content (AvgIpc) is 2.45. The minimum absolute atomic E-state index is 0.114. The van der Waals surface area contributed by atoms with Gasteiger partial charge in [0.15, 0.2) is 9.84 Å². The van der Waals surface area contributed by atoms with Gasteiger partial charge in [-0.3, -0.25) is 9.36 Å². The van der Waals surface area contributed by atoms with Crippen LogP contribution in [0, 0.1) is 0 Å². The van der Waals surface area contributed by atoms with Crippen LogP contribution in [0.3, 0.4) is 0 Å². The normalized spacial score (nSPS) is 15.4. The van der Waals surface area contributed by atoms with E-state index in [1.165, 1.54) is 38.3 Å². The number of carbonyl (C=O) groups is 1. The number of nitrogens with one attached hydrogen (secondary N) is 1. The van der Waals surface area contributed by atoms with Gasteiger partial charge in [-0.05, 0) is 45.0 Å². The molecule has 1 rings (SSSR count). The van der Waals surface area contributed by atoms with Gasteiger partial charge in [-0.2, -0.15) is 0 Å². The van der Waals surface area contributed by atoms with Gasteiger partial charge in [-0.25, -0.2) is 13.5 Å². The lowest BCUT2D eigenvalue weighted by molar-refractivity contribution is -0.149. The number of ether oxygens (including phenoxy) is 2. The van der Waals surface area contributed by atoms with E-state index in [2.05, 4.69) is 5.09 Å². The van der Waals surface area contributed by atoms with Crippen molar-refractivity contribution in [1.29, 1.82) is 0 Å². The summed E-state index contributed by atoms with van der Waals surface area (Å²) in [5.41, 5.74) is 0. The van der Waals surface area contributed by atoms with Crippen LogP contribution in [0.25, 0.3) is 0 Å². The summed E-state index contributed by atoms with van der Waals surface area (Å²) in [7, 11) is -5.57. The molecule has 0 aliphatic rings. The average molecular weight is 393 g/mol. The number of rotatable bonds is 9. The van der Waals surface area contributed by atoms with E-state index >= 15 is 0 Å². The van der Waals surface area contributed by atoms with Gasteiger partial charge in [-0.15, -0.1) is 0 Å². The van der Waals surface area contributed by atoms with E-state index in [0.29, 0.717) is 0 Å². The molecule has 0 saturated heterocycles. The van der Waals surface area contributed by atoms with Crippen molar-refractivity contribution in [2.24, 2.45) is 0 Å². The summed E-state index contributed by atoms with van der Waals surface area (Å²) in [6, 6.07) is 4.59. The van der Waals surface area contributed by atoms with Gasteiger partial charge in [0.1, 0.15) is 18.1 Å². The van der Waals surface area contributed by atoms with Crippen molar-refractivity contribution in [3.8, 4) is 5.75 Å². The van der Waals surface area contributed by atoms with Crippen LogP contribution >= 0.6 is 7.52 Å². The highest BCUT2D eigenvalue weighted by Gasteiger charge is 2.30. The smallest absolute Gasteiger partial charge is 0.342 e. The minimum atomic E-state index is -3.57. The standard InChI is InChI=1S/C15H24NO7PS/c1-11(2)22-15(17)12(3)16-24(18,10-21-4)23-13-6-8-14(9-7-13)25(5,19)20/h6-9,11-12H,10H2,1-5H3,(H,16,18)/t12-,24?/m0/s1. The number of sulfone groups is 1. The monoisotopic (exact) mass is 393 g/mol. The van der Waals surface area contributed by atoms with Crippen LogP contribution in [0.5, 0.6) is 5.75 Å². The zero-order valence-electron chi connectivity index (χ0n) is 14.9. The molecule has 0 radical (unpaired) electrons. The molecule has 0 amide bonds. The van der Waals surface area contributed by atoms with Crippen molar-refractivity contribution in [1.82, 2.24) is 5.09 Å². The van der Waals surface area contributed by atoms with Gasteiger partial charge in [0.05, 0.1) is 11.0 Å². The number of carbonyl (C=O) groups excluding carboxylic acids is 1. The Morgan fingerprint density at radius 1 is 1.20 bits per heavy atom. The van der Waals surface area contributed by atoms with E-state index < -0.39 is 29.4 Å². The highest BCUT2D eigenvalue weighted by atomic mass is 32.2. The summed E-state index contributed by atoms with van der Waals surface area (Å²) in [4.78, 5) is 12.0. The molecule has 0 aliphatic heterocycles. The topological polar surface area (TPSA) is 108 Å². The van der Waals surface area contributed by atoms with E-state index in [1.54, 1.807) is 13.8 Å². The molecule has 10 heteroatoms. The zero-order valence-corrected chi connectivity index (χ0v) is 16.6. The van der Waals surface area contributed by atoms with Crippen molar-refractivity contribution in [2.75, 3.05) is 19.7 Å². The van der Waals surface area contributed by atoms with Crippen molar-refractivity contribution >= 4 is 23.3 Å². The molecule has 0 aromatic heterocycles. The van der Waals surface area contributed by atoms with Crippen molar-refractivity contribution < 1.29 is 31.8 Å². The fourth-order valence-electron chi connectivity index (χ4n) is 1.86. The maximum Gasteiger partial charge on any atom is 0.342 e. The van der Waals surface area contributed by atoms with E-state index in [0.717, 1.165) is 6.26 Å². The Morgan fingerprint density at radius 3 is 2.20 bits per heavy atom. The van der Waals surface area contributed by atoms with E-state index in [-0.39, 0.29) is 23.1 Å². The number of methoxy groups -OCH3 is 1. The lowest BCUT2D eigenvalue weighted by Gasteiger charge is -2.23. The third-order valence-electron chi connectivity index (χ3n) is 2.90. The van der Waals surface area contributed by atoms with Crippen LogP contribution in [0.4, 0.5) is 0 Å². The van der Waals surface area contributed by atoms with Crippen molar-refractivity contribution in [3.63, 3.8) is 0 Å². The summed E-state index contributed by atoms with van der Waals surface area (Å²) >= 11 is 0. The molecule has 2 atom stereocenters. The predicted octanol–water partition coefficient (Wildman–Crippen LogP) is 2.20. The summed E-state index contributed by atoms with van der Waals surface area (Å²) in [6.07, 6.45) is 0.505. The molecule has 1 aromatic carbocycles. The second-order valence-electron chi connectivity index (χ2n) is 5.76. The molecule has 1 aromatic rings. The lowest BCUT2D eigenvalue weighted by atomic mass is 10.3. The minimum Gasteiger partial charge on any atom is -0.462 e. The van der Waals surface area contributed by atoms with E-state index in [9.17, 15) is 17.8 Å². The van der Waals surface area contributed by atoms with Gasteiger partial charge in [0, 0.05) is 13.4 Å². The fraction of sp³-hybridized carbons (Fsp3) is 0.533. The van der Waals surface area contributed by atoms with E-state index in [4.69, 9.17) is 14.0 Å². The van der Waals surface area contributed by atoms with Gasteiger partial charge in [-0.1, -0.05) is 0 Å². The Labute approximate surface area is 148 Å². The molecular weight excluding hydrogens is 369 g/mol. The third kappa shape index (κ3) is 7.15. The Kier molecular flexibility index (Phi) is 7.62. The molecule has 0 bridgehead atoms. The molecule has 1 unspecified atom stereocenters. The van der Waals surface area contributed by atoms with Gasteiger partial charge >= 0.3 is 13.5 Å². The highest BCUT2D eigenvalue weighted by molar-refractivity contribution is 7.90. The van der Waals surface area contributed by atoms with Crippen LogP contribution in [0.15, 0.2) is 29.2 Å². The molecule has 25 heavy (non-hydrogen) atoms. The Balaban J connectivity index is 2.91. The second-order valence-corrected chi connectivity index (χ2v) is 9.82. The summed E-state index contributed by atoms with van der Waals surface area (Å²) in [5.74, 6) is -0.382. The maximum atomic E-state index is 12.9. The summed E-state index contributed by atoms with van der Waals surface area (Å²) in [5, 5.41) is 2.61. The van der Waals surface area contributed by atoms with Crippen LogP contribution in [0.2, 0.25) is 0 Å². The highest BCUT2D eigenvalue weighted by Crippen LogP contribution is 2.43. The Bertz CT molecular complexity index is 731. The molecule has 0 spiro atoms. The summed E-state index contributed by atoms with van der Waals surface area (Å²) < 4.78 is 51.2. The molecule has 0 saturated carbocycles. The quantitative estimate of drug-likeness (QED) is 0.502. The van der Waals surface area contributed by atoms with Crippen LogP contribution in [-0.4, -0.2) is 46.2 Å². The maximum absolute atomic E-state index is 12.9. The SMILES string of the molecule is COCP(=O)(N[C@@H](C)C(=O)OC(C)C)Oc1ccc(S(C)(=O)=O)cc1. The summed E-state index contributed by atoms with van der Waals surface area (Å²) in [6.45, 7) is 4.92. The molecule has 1 N–H and O–H groups in total. The molecular formula is C15H24NO7PS. The number of esters is 1. The first-order valence-electron chi connectivity index (χ1n) is 7.53. The van der Waals surface area contributed by atoms with Gasteiger partial charge in [0.25, 0.3) is 0 Å². The number of benzene rings is 1. The molecule has 0 fully saturated rings. The lowest BCUT2D eigenvalue weighted by Crippen LogP contribution is -2.36. The number of hydrogen-bond donors (Lipinski definition) is 1. The van der Waals surface area contributed by atoms with Crippen LogP contribution < -0.4 is 9.61 Å². The first-order valence-corrected chi connectivity index (χ1v) is 11.2.